The summed E-state index contributed by atoms with van der Waals surface area (Å²) in [5, 5.41) is 0. The molecule has 3 rings (SSSR count). The van der Waals surface area contributed by atoms with Crippen LogP contribution in [0.5, 0.6) is 0 Å². The van der Waals surface area contributed by atoms with Crippen LogP contribution in [-0.4, -0.2) is 54.6 Å². The van der Waals surface area contributed by atoms with Crippen molar-refractivity contribution < 1.29 is 42.9 Å². The van der Waals surface area contributed by atoms with Crippen molar-refractivity contribution >= 4 is 23.9 Å². The fraction of sp³-hybridized carbons (Fsp3) is 0.333. The van der Waals surface area contributed by atoms with Crippen LogP contribution in [0.15, 0.2) is 60.7 Å². The second kappa shape index (κ2) is 10.7. The highest BCUT2D eigenvalue weighted by molar-refractivity contribution is 5.90. The first-order valence-electron chi connectivity index (χ1n) is 10.3. The van der Waals surface area contributed by atoms with Crippen molar-refractivity contribution in [3.8, 4) is 0 Å². The van der Waals surface area contributed by atoms with E-state index in [-0.39, 0.29) is 11.1 Å². The van der Waals surface area contributed by atoms with Gasteiger partial charge in [0, 0.05) is 13.8 Å². The molecular formula is C24H24O9. The SMILES string of the molecule is CC(=O)OC1O[C@@H](C)[C@H](OC(=O)c2ccccc2)[C@@H](OC(=O)c2ccccc2)[C@H]1OC(C)=O. The van der Waals surface area contributed by atoms with Gasteiger partial charge in [0.25, 0.3) is 0 Å². The van der Waals surface area contributed by atoms with Gasteiger partial charge in [0.15, 0.2) is 12.2 Å². The molecule has 0 N–H and O–H groups in total. The van der Waals surface area contributed by atoms with E-state index < -0.39 is 54.6 Å². The molecule has 1 aliphatic rings. The molecule has 9 nitrogen and oxygen atoms in total. The van der Waals surface area contributed by atoms with Crippen molar-refractivity contribution in [1.82, 2.24) is 0 Å². The number of esters is 4. The van der Waals surface area contributed by atoms with Gasteiger partial charge in [0.2, 0.25) is 12.4 Å². The highest BCUT2D eigenvalue weighted by atomic mass is 16.7. The topological polar surface area (TPSA) is 114 Å². The molecule has 1 saturated heterocycles. The summed E-state index contributed by atoms with van der Waals surface area (Å²) < 4.78 is 27.4. The third-order valence-electron chi connectivity index (χ3n) is 4.82. The van der Waals surface area contributed by atoms with Crippen LogP contribution in [0.4, 0.5) is 0 Å². The normalized spacial score (nSPS) is 24.3. The van der Waals surface area contributed by atoms with E-state index in [9.17, 15) is 19.2 Å². The standard InChI is InChI=1S/C24H24O9/c1-14-19(32-22(27)17-10-6-4-7-11-17)20(33-23(28)18-12-8-5-9-13-18)21(30-15(2)25)24(29-14)31-16(3)26/h4-14,19-21,24H,1-3H3/t14-,19-,20+,21+,24?/m0/s1. The minimum atomic E-state index is -1.37. The maximum Gasteiger partial charge on any atom is 0.338 e. The van der Waals surface area contributed by atoms with Gasteiger partial charge in [-0.3, -0.25) is 9.59 Å². The minimum absolute atomic E-state index is 0.232. The molecule has 5 atom stereocenters. The summed E-state index contributed by atoms with van der Waals surface area (Å²) in [5.41, 5.74) is 0.499. The van der Waals surface area contributed by atoms with Gasteiger partial charge >= 0.3 is 23.9 Å². The number of carbonyl (C=O) groups excluding carboxylic acids is 4. The van der Waals surface area contributed by atoms with Crippen LogP contribution < -0.4 is 0 Å². The Kier molecular flexibility index (Phi) is 7.78. The molecule has 1 heterocycles. The summed E-state index contributed by atoms with van der Waals surface area (Å²) in [6.45, 7) is 3.86. The molecule has 0 aromatic heterocycles. The molecule has 33 heavy (non-hydrogen) atoms. The molecule has 2 aromatic carbocycles. The number of ether oxygens (including phenoxy) is 5. The fourth-order valence-corrected chi connectivity index (χ4v) is 3.38. The van der Waals surface area contributed by atoms with Gasteiger partial charge < -0.3 is 23.7 Å². The van der Waals surface area contributed by atoms with Gasteiger partial charge in [-0.15, -0.1) is 0 Å². The molecule has 174 valence electrons. The molecule has 0 aliphatic carbocycles. The summed E-state index contributed by atoms with van der Waals surface area (Å²) in [4.78, 5) is 49.0. The zero-order valence-electron chi connectivity index (χ0n) is 18.3. The molecule has 0 amide bonds. The van der Waals surface area contributed by atoms with E-state index in [1.807, 2.05) is 0 Å². The van der Waals surface area contributed by atoms with Gasteiger partial charge in [-0.25, -0.2) is 9.59 Å². The zero-order chi connectivity index (χ0) is 24.0. The number of hydrogen-bond donors (Lipinski definition) is 0. The van der Waals surface area contributed by atoms with Crippen LogP contribution in [0.3, 0.4) is 0 Å². The fourth-order valence-electron chi connectivity index (χ4n) is 3.38. The maximum atomic E-state index is 12.8. The van der Waals surface area contributed by atoms with E-state index in [0.29, 0.717) is 0 Å². The lowest BCUT2D eigenvalue weighted by atomic mass is 9.98. The molecule has 0 saturated carbocycles. The lowest BCUT2D eigenvalue weighted by molar-refractivity contribution is -0.286. The first kappa shape index (κ1) is 23.9. The summed E-state index contributed by atoms with van der Waals surface area (Å²) in [6.07, 6.45) is -6.10. The number of hydrogen-bond acceptors (Lipinski definition) is 9. The molecule has 0 radical (unpaired) electrons. The molecule has 1 fully saturated rings. The molecule has 0 bridgehead atoms. The average Bonchev–Trinajstić information content (AvgIpc) is 2.79. The van der Waals surface area contributed by atoms with Crippen LogP contribution in [0.25, 0.3) is 0 Å². The molecular weight excluding hydrogens is 432 g/mol. The quantitative estimate of drug-likeness (QED) is 0.478. The van der Waals surface area contributed by atoms with Gasteiger partial charge in [-0.2, -0.15) is 0 Å². The van der Waals surface area contributed by atoms with Crippen molar-refractivity contribution in [1.29, 1.82) is 0 Å². The Morgan fingerprint density at radius 1 is 0.636 bits per heavy atom. The van der Waals surface area contributed by atoms with Crippen LogP contribution in [0.2, 0.25) is 0 Å². The van der Waals surface area contributed by atoms with E-state index in [4.69, 9.17) is 23.7 Å². The van der Waals surface area contributed by atoms with Crippen LogP contribution in [0.1, 0.15) is 41.5 Å². The largest absolute Gasteiger partial charge is 0.452 e. The highest BCUT2D eigenvalue weighted by Gasteiger charge is 2.52. The molecule has 2 aromatic rings. The van der Waals surface area contributed by atoms with E-state index >= 15 is 0 Å². The second-order valence-corrected chi connectivity index (χ2v) is 7.36. The molecule has 0 spiro atoms. The first-order valence-corrected chi connectivity index (χ1v) is 10.3. The van der Waals surface area contributed by atoms with Crippen LogP contribution in [0, 0.1) is 0 Å². The van der Waals surface area contributed by atoms with Gasteiger partial charge in [0.05, 0.1) is 17.2 Å². The van der Waals surface area contributed by atoms with Gasteiger partial charge in [-0.05, 0) is 31.2 Å². The maximum absolute atomic E-state index is 12.8. The van der Waals surface area contributed by atoms with Crippen molar-refractivity contribution in [2.75, 3.05) is 0 Å². The lowest BCUT2D eigenvalue weighted by Crippen LogP contribution is -2.61. The number of carbonyl (C=O) groups is 4. The lowest BCUT2D eigenvalue weighted by Gasteiger charge is -2.43. The third kappa shape index (κ3) is 6.17. The van der Waals surface area contributed by atoms with Crippen molar-refractivity contribution in [2.24, 2.45) is 0 Å². The predicted octanol–water partition coefficient (Wildman–Crippen LogP) is 2.68. The van der Waals surface area contributed by atoms with Crippen molar-refractivity contribution in [3.05, 3.63) is 71.8 Å². The Labute approximate surface area is 190 Å². The Balaban J connectivity index is 1.94. The van der Waals surface area contributed by atoms with E-state index in [1.165, 1.54) is 0 Å². The monoisotopic (exact) mass is 456 g/mol. The summed E-state index contributed by atoms with van der Waals surface area (Å²) in [6, 6.07) is 16.3. The average molecular weight is 456 g/mol. The Morgan fingerprint density at radius 3 is 1.55 bits per heavy atom. The molecule has 1 aliphatic heterocycles. The Morgan fingerprint density at radius 2 is 1.09 bits per heavy atom. The van der Waals surface area contributed by atoms with Crippen molar-refractivity contribution in [3.63, 3.8) is 0 Å². The second-order valence-electron chi connectivity index (χ2n) is 7.36. The van der Waals surface area contributed by atoms with Crippen molar-refractivity contribution in [2.45, 2.75) is 51.5 Å². The Hall–Kier alpha value is -3.72. The summed E-state index contributed by atoms with van der Waals surface area (Å²) in [7, 11) is 0. The van der Waals surface area contributed by atoms with E-state index in [2.05, 4.69) is 0 Å². The Bertz CT molecular complexity index is 990. The summed E-state index contributed by atoms with van der Waals surface area (Å²) in [5.74, 6) is -2.86. The van der Waals surface area contributed by atoms with E-state index in [0.717, 1.165) is 13.8 Å². The first-order chi connectivity index (χ1) is 15.8. The third-order valence-corrected chi connectivity index (χ3v) is 4.82. The molecule has 1 unspecified atom stereocenters. The number of rotatable bonds is 6. The highest BCUT2D eigenvalue weighted by Crippen LogP contribution is 2.30. The van der Waals surface area contributed by atoms with Crippen LogP contribution in [-0.2, 0) is 33.3 Å². The number of benzene rings is 2. The molecule has 9 heteroatoms. The van der Waals surface area contributed by atoms with Gasteiger partial charge in [0.1, 0.15) is 0 Å². The van der Waals surface area contributed by atoms with Gasteiger partial charge in [-0.1, -0.05) is 36.4 Å². The summed E-state index contributed by atoms with van der Waals surface area (Å²) >= 11 is 0. The van der Waals surface area contributed by atoms with E-state index in [1.54, 1.807) is 67.6 Å². The smallest absolute Gasteiger partial charge is 0.338 e. The zero-order valence-corrected chi connectivity index (χ0v) is 18.3. The minimum Gasteiger partial charge on any atom is -0.452 e. The van der Waals surface area contributed by atoms with Crippen LogP contribution >= 0.6 is 0 Å². The predicted molar refractivity (Wildman–Crippen MR) is 113 cm³/mol.